The molecule has 2 aromatic rings. The first kappa shape index (κ1) is 18.8. The first-order valence-corrected chi connectivity index (χ1v) is 8.64. The van der Waals surface area contributed by atoms with E-state index in [2.05, 4.69) is 22.9 Å². The molecule has 0 saturated carbocycles. The van der Waals surface area contributed by atoms with Gasteiger partial charge in [0.2, 0.25) is 5.91 Å². The number of anilines is 2. The van der Waals surface area contributed by atoms with Crippen molar-refractivity contribution in [1.82, 2.24) is 5.32 Å². The minimum Gasteiger partial charge on any atom is -0.376 e. The van der Waals surface area contributed by atoms with E-state index in [1.165, 1.54) is 0 Å². The van der Waals surface area contributed by atoms with E-state index < -0.39 is 0 Å². The second-order valence-electron chi connectivity index (χ2n) is 5.60. The molecule has 2 aromatic carbocycles. The normalized spacial score (nSPS) is 10.2. The zero-order valence-electron chi connectivity index (χ0n) is 14.1. The van der Waals surface area contributed by atoms with Gasteiger partial charge in [0.05, 0.1) is 6.54 Å². The Morgan fingerprint density at radius 2 is 1.80 bits per heavy atom. The highest BCUT2D eigenvalue weighted by molar-refractivity contribution is 6.30. The minimum absolute atomic E-state index is 0.101. The molecule has 0 unspecified atom stereocenters. The molecule has 0 fully saturated rings. The topological polar surface area (TPSA) is 70.2 Å². The van der Waals surface area contributed by atoms with E-state index in [0.29, 0.717) is 22.8 Å². The first-order valence-electron chi connectivity index (χ1n) is 8.26. The largest absolute Gasteiger partial charge is 0.376 e. The Kier molecular flexibility index (Phi) is 7.29. The molecule has 0 bridgehead atoms. The summed E-state index contributed by atoms with van der Waals surface area (Å²) in [7, 11) is 0. The first-order chi connectivity index (χ1) is 12.1. The molecule has 0 saturated heterocycles. The number of halogens is 1. The molecule has 6 heteroatoms. The van der Waals surface area contributed by atoms with Crippen LogP contribution in [0.2, 0.25) is 5.02 Å². The molecular weight excluding hydrogens is 338 g/mol. The van der Waals surface area contributed by atoms with E-state index >= 15 is 0 Å². The van der Waals surface area contributed by atoms with Crippen molar-refractivity contribution >= 4 is 34.8 Å². The number of carbonyl (C=O) groups excluding carboxylic acids is 2. The monoisotopic (exact) mass is 359 g/mol. The molecule has 0 aliphatic rings. The van der Waals surface area contributed by atoms with Gasteiger partial charge in [-0.2, -0.15) is 0 Å². The van der Waals surface area contributed by atoms with Crippen LogP contribution in [0.1, 0.15) is 30.1 Å². The van der Waals surface area contributed by atoms with E-state index in [0.717, 1.165) is 18.5 Å². The molecule has 3 N–H and O–H groups in total. The fourth-order valence-electron chi connectivity index (χ4n) is 2.17. The maximum Gasteiger partial charge on any atom is 0.251 e. The van der Waals surface area contributed by atoms with Gasteiger partial charge >= 0.3 is 0 Å². The standard InChI is InChI=1S/C19H22ClN3O2/c1-2-3-11-21-19(25)14-5-4-6-17(12-14)22-13-18(24)23-16-9-7-15(20)8-10-16/h4-10,12,22H,2-3,11,13H2,1H3,(H,21,25)(H,23,24). The van der Waals surface area contributed by atoms with Crippen LogP contribution in [0.25, 0.3) is 0 Å². The lowest BCUT2D eigenvalue weighted by Crippen LogP contribution is -2.25. The summed E-state index contributed by atoms with van der Waals surface area (Å²) in [6, 6.07) is 14.0. The fourth-order valence-corrected chi connectivity index (χ4v) is 2.30. The van der Waals surface area contributed by atoms with Crippen molar-refractivity contribution < 1.29 is 9.59 Å². The Bertz CT molecular complexity index is 717. The third kappa shape index (κ3) is 6.47. The average Bonchev–Trinajstić information content (AvgIpc) is 2.62. The van der Waals surface area contributed by atoms with Crippen LogP contribution < -0.4 is 16.0 Å². The van der Waals surface area contributed by atoms with Crippen LogP contribution in [0.15, 0.2) is 48.5 Å². The van der Waals surface area contributed by atoms with Crippen molar-refractivity contribution in [3.05, 3.63) is 59.1 Å². The molecule has 0 radical (unpaired) electrons. The number of unbranched alkanes of at least 4 members (excludes halogenated alkanes) is 1. The van der Waals surface area contributed by atoms with Crippen LogP contribution in [0, 0.1) is 0 Å². The predicted octanol–water partition coefficient (Wildman–Crippen LogP) is 3.92. The highest BCUT2D eigenvalue weighted by Gasteiger charge is 2.07. The lowest BCUT2D eigenvalue weighted by atomic mass is 10.2. The van der Waals surface area contributed by atoms with Crippen LogP contribution in [0.4, 0.5) is 11.4 Å². The summed E-state index contributed by atoms with van der Waals surface area (Å²) in [4.78, 5) is 24.0. The molecule has 0 aliphatic carbocycles. The Labute approximate surface area is 152 Å². The van der Waals surface area contributed by atoms with Gasteiger partial charge in [-0.15, -0.1) is 0 Å². The van der Waals surface area contributed by atoms with Crippen LogP contribution in [-0.4, -0.2) is 24.9 Å². The minimum atomic E-state index is -0.180. The quantitative estimate of drug-likeness (QED) is 0.625. The van der Waals surface area contributed by atoms with Gasteiger partial charge in [-0.3, -0.25) is 9.59 Å². The Morgan fingerprint density at radius 3 is 2.52 bits per heavy atom. The molecule has 5 nitrogen and oxygen atoms in total. The zero-order valence-corrected chi connectivity index (χ0v) is 14.9. The summed E-state index contributed by atoms with van der Waals surface area (Å²) >= 11 is 5.81. The van der Waals surface area contributed by atoms with Gasteiger partial charge in [-0.25, -0.2) is 0 Å². The van der Waals surface area contributed by atoms with E-state index in [1.54, 1.807) is 42.5 Å². The van der Waals surface area contributed by atoms with Crippen molar-refractivity contribution in [2.75, 3.05) is 23.7 Å². The third-order valence-corrected chi connectivity index (χ3v) is 3.77. The Balaban J connectivity index is 1.85. The maximum absolute atomic E-state index is 12.0. The van der Waals surface area contributed by atoms with Crippen molar-refractivity contribution in [3.63, 3.8) is 0 Å². The molecule has 25 heavy (non-hydrogen) atoms. The van der Waals surface area contributed by atoms with Gasteiger partial charge in [0, 0.05) is 28.5 Å². The molecule has 132 valence electrons. The fraction of sp³-hybridized carbons (Fsp3) is 0.263. The number of rotatable bonds is 8. The molecule has 0 aromatic heterocycles. The average molecular weight is 360 g/mol. The number of nitrogens with one attached hydrogen (secondary N) is 3. The highest BCUT2D eigenvalue weighted by atomic mass is 35.5. The summed E-state index contributed by atoms with van der Waals surface area (Å²) in [6.07, 6.45) is 1.99. The SMILES string of the molecule is CCCCNC(=O)c1cccc(NCC(=O)Nc2ccc(Cl)cc2)c1. The van der Waals surface area contributed by atoms with Crippen molar-refractivity contribution in [2.45, 2.75) is 19.8 Å². The molecule has 2 rings (SSSR count). The van der Waals surface area contributed by atoms with Gasteiger partial charge in [-0.1, -0.05) is 31.0 Å². The molecule has 0 spiro atoms. The van der Waals surface area contributed by atoms with E-state index in [9.17, 15) is 9.59 Å². The maximum atomic E-state index is 12.0. The van der Waals surface area contributed by atoms with Gasteiger partial charge in [0.25, 0.3) is 5.91 Å². The van der Waals surface area contributed by atoms with Crippen molar-refractivity contribution in [3.8, 4) is 0 Å². The Hall–Kier alpha value is -2.53. The van der Waals surface area contributed by atoms with Gasteiger partial charge < -0.3 is 16.0 Å². The molecule has 0 aliphatic heterocycles. The second kappa shape index (κ2) is 9.69. The van der Waals surface area contributed by atoms with Gasteiger partial charge in [-0.05, 0) is 48.9 Å². The van der Waals surface area contributed by atoms with E-state index in [1.807, 2.05) is 6.07 Å². The molecular formula is C19H22ClN3O2. The molecule has 0 heterocycles. The summed E-state index contributed by atoms with van der Waals surface area (Å²) in [5.74, 6) is -0.289. The molecule has 2 amide bonds. The summed E-state index contributed by atoms with van der Waals surface area (Å²) in [5, 5.41) is 9.28. The van der Waals surface area contributed by atoms with E-state index in [-0.39, 0.29) is 18.4 Å². The summed E-state index contributed by atoms with van der Waals surface area (Å²) < 4.78 is 0. The summed E-state index contributed by atoms with van der Waals surface area (Å²) in [6.45, 7) is 2.84. The number of hydrogen-bond acceptors (Lipinski definition) is 3. The lowest BCUT2D eigenvalue weighted by Gasteiger charge is -2.10. The van der Waals surface area contributed by atoms with Crippen molar-refractivity contribution in [2.24, 2.45) is 0 Å². The van der Waals surface area contributed by atoms with Crippen LogP contribution >= 0.6 is 11.6 Å². The van der Waals surface area contributed by atoms with Crippen LogP contribution in [0.5, 0.6) is 0 Å². The van der Waals surface area contributed by atoms with Crippen LogP contribution in [0.3, 0.4) is 0 Å². The third-order valence-electron chi connectivity index (χ3n) is 3.52. The molecule has 0 atom stereocenters. The second-order valence-corrected chi connectivity index (χ2v) is 6.04. The Morgan fingerprint density at radius 1 is 1.04 bits per heavy atom. The van der Waals surface area contributed by atoms with Gasteiger partial charge in [0.15, 0.2) is 0 Å². The zero-order chi connectivity index (χ0) is 18.1. The number of carbonyl (C=O) groups is 2. The summed E-state index contributed by atoms with van der Waals surface area (Å²) in [5.41, 5.74) is 1.97. The number of benzene rings is 2. The number of amides is 2. The van der Waals surface area contributed by atoms with E-state index in [4.69, 9.17) is 11.6 Å². The van der Waals surface area contributed by atoms with Crippen LogP contribution in [-0.2, 0) is 4.79 Å². The lowest BCUT2D eigenvalue weighted by molar-refractivity contribution is -0.114. The van der Waals surface area contributed by atoms with Crippen molar-refractivity contribution in [1.29, 1.82) is 0 Å². The highest BCUT2D eigenvalue weighted by Crippen LogP contribution is 2.14. The smallest absolute Gasteiger partial charge is 0.251 e. The predicted molar refractivity (Wildman–Crippen MR) is 102 cm³/mol. The van der Waals surface area contributed by atoms with Gasteiger partial charge in [0.1, 0.15) is 0 Å². The number of hydrogen-bond donors (Lipinski definition) is 3.